The zero-order valence-corrected chi connectivity index (χ0v) is 9.86. The number of likely N-dealkylation sites (N-methyl/N-ethyl adjacent to an activating group) is 1. The van der Waals surface area contributed by atoms with Gasteiger partial charge in [0.1, 0.15) is 0 Å². The van der Waals surface area contributed by atoms with E-state index in [1.54, 1.807) is 4.90 Å². The molecule has 2 aliphatic carbocycles. The minimum atomic E-state index is -0.427. The quantitative estimate of drug-likeness (QED) is 0.763. The lowest BCUT2D eigenvalue weighted by Crippen LogP contribution is -2.49. The number of fused-ring (bicyclic) bond motifs is 1. The third kappa shape index (κ3) is 1.89. The van der Waals surface area contributed by atoms with Crippen molar-refractivity contribution in [2.75, 3.05) is 13.7 Å². The predicted octanol–water partition coefficient (Wildman–Crippen LogP) is 1.26. The zero-order chi connectivity index (χ0) is 11.2. The van der Waals surface area contributed by atoms with Crippen LogP contribution in [0.1, 0.15) is 33.1 Å². The van der Waals surface area contributed by atoms with E-state index in [1.165, 1.54) is 6.42 Å². The minimum Gasteiger partial charge on any atom is -0.394 e. The lowest BCUT2D eigenvalue weighted by Gasteiger charge is -2.36. The van der Waals surface area contributed by atoms with Crippen LogP contribution < -0.4 is 0 Å². The van der Waals surface area contributed by atoms with E-state index < -0.39 is 5.54 Å². The Hall–Kier alpha value is -0.570. The summed E-state index contributed by atoms with van der Waals surface area (Å²) >= 11 is 0. The summed E-state index contributed by atoms with van der Waals surface area (Å²) in [5.74, 6) is 2.13. The molecule has 0 spiro atoms. The van der Waals surface area contributed by atoms with Crippen molar-refractivity contribution in [3.05, 3.63) is 0 Å². The summed E-state index contributed by atoms with van der Waals surface area (Å²) in [6, 6.07) is 0. The Kier molecular flexibility index (Phi) is 2.53. The van der Waals surface area contributed by atoms with Gasteiger partial charge in [-0.2, -0.15) is 0 Å². The molecule has 0 heterocycles. The number of carbonyl (C=O) groups is 1. The molecule has 2 atom stereocenters. The maximum atomic E-state index is 12.1. The average molecular weight is 211 g/mol. The van der Waals surface area contributed by atoms with E-state index in [-0.39, 0.29) is 18.4 Å². The van der Waals surface area contributed by atoms with E-state index in [2.05, 4.69) is 0 Å². The lowest BCUT2D eigenvalue weighted by molar-refractivity contribution is -0.140. The van der Waals surface area contributed by atoms with Crippen molar-refractivity contribution in [2.45, 2.75) is 38.6 Å². The van der Waals surface area contributed by atoms with Gasteiger partial charge in [0.15, 0.2) is 0 Å². The fourth-order valence-corrected chi connectivity index (χ4v) is 2.59. The summed E-state index contributed by atoms with van der Waals surface area (Å²) in [4.78, 5) is 13.9. The number of rotatable bonds is 3. The fourth-order valence-electron chi connectivity index (χ4n) is 2.59. The first kappa shape index (κ1) is 10.9. The van der Waals surface area contributed by atoms with Crippen LogP contribution in [0.4, 0.5) is 0 Å². The molecule has 0 bridgehead atoms. The Labute approximate surface area is 91.5 Å². The van der Waals surface area contributed by atoms with Gasteiger partial charge in [-0.25, -0.2) is 0 Å². The van der Waals surface area contributed by atoms with Crippen LogP contribution in [0, 0.1) is 17.8 Å². The van der Waals surface area contributed by atoms with E-state index in [9.17, 15) is 9.90 Å². The highest BCUT2D eigenvalue weighted by Gasteiger charge is 2.49. The molecule has 3 nitrogen and oxygen atoms in total. The summed E-state index contributed by atoms with van der Waals surface area (Å²) in [5, 5.41) is 9.22. The molecule has 2 rings (SSSR count). The number of aliphatic hydroxyl groups excluding tert-OH is 1. The van der Waals surface area contributed by atoms with E-state index in [1.807, 2.05) is 20.9 Å². The molecule has 86 valence electrons. The van der Waals surface area contributed by atoms with E-state index >= 15 is 0 Å². The summed E-state index contributed by atoms with van der Waals surface area (Å²) in [6.07, 6.45) is 3.50. The third-order valence-electron chi connectivity index (χ3n) is 4.22. The Morgan fingerprint density at radius 1 is 1.33 bits per heavy atom. The molecule has 2 fully saturated rings. The Balaban J connectivity index is 1.95. The molecule has 1 amide bonds. The molecule has 0 aromatic carbocycles. The fraction of sp³-hybridized carbons (Fsp3) is 0.917. The second-order valence-electron chi connectivity index (χ2n) is 5.79. The van der Waals surface area contributed by atoms with Crippen LogP contribution in [0.15, 0.2) is 0 Å². The highest BCUT2D eigenvalue weighted by molar-refractivity contribution is 5.80. The van der Waals surface area contributed by atoms with Gasteiger partial charge in [-0.3, -0.25) is 4.79 Å². The molecule has 2 saturated carbocycles. The minimum absolute atomic E-state index is 0.0226. The first-order valence-electron chi connectivity index (χ1n) is 5.84. The van der Waals surface area contributed by atoms with Crippen molar-refractivity contribution in [3.63, 3.8) is 0 Å². The predicted molar refractivity (Wildman–Crippen MR) is 58.3 cm³/mol. The molecule has 0 aliphatic heterocycles. The van der Waals surface area contributed by atoms with Crippen LogP contribution in [0.3, 0.4) is 0 Å². The van der Waals surface area contributed by atoms with Gasteiger partial charge in [-0.05, 0) is 44.9 Å². The molecular weight excluding hydrogens is 190 g/mol. The Bertz CT molecular complexity index is 265. The highest BCUT2D eigenvalue weighted by atomic mass is 16.3. The van der Waals surface area contributed by atoms with E-state index in [4.69, 9.17) is 0 Å². The smallest absolute Gasteiger partial charge is 0.225 e. The van der Waals surface area contributed by atoms with Crippen molar-refractivity contribution in [1.29, 1.82) is 0 Å². The van der Waals surface area contributed by atoms with Gasteiger partial charge in [0.2, 0.25) is 5.91 Å². The number of amides is 1. The molecule has 2 unspecified atom stereocenters. The summed E-state index contributed by atoms with van der Waals surface area (Å²) in [6.45, 7) is 3.83. The Morgan fingerprint density at radius 2 is 1.87 bits per heavy atom. The molecule has 0 radical (unpaired) electrons. The van der Waals surface area contributed by atoms with Crippen molar-refractivity contribution in [3.8, 4) is 0 Å². The summed E-state index contributed by atoms with van der Waals surface area (Å²) < 4.78 is 0. The highest BCUT2D eigenvalue weighted by Crippen LogP contribution is 2.54. The average Bonchev–Trinajstić information content (AvgIpc) is 2.83. The number of nitrogens with zero attached hydrogens (tertiary/aromatic N) is 1. The van der Waals surface area contributed by atoms with Crippen LogP contribution in [-0.2, 0) is 4.79 Å². The SMILES string of the molecule is CN(C(=O)C1CC2CC2C1)C(C)(C)CO. The largest absolute Gasteiger partial charge is 0.394 e. The molecular formula is C12H21NO2. The van der Waals surface area contributed by atoms with E-state index in [0.29, 0.717) is 0 Å². The third-order valence-corrected chi connectivity index (χ3v) is 4.22. The number of carbonyl (C=O) groups excluding carboxylic acids is 1. The number of hydrogen-bond acceptors (Lipinski definition) is 2. The van der Waals surface area contributed by atoms with Crippen molar-refractivity contribution >= 4 is 5.91 Å². The van der Waals surface area contributed by atoms with Crippen molar-refractivity contribution in [2.24, 2.45) is 17.8 Å². The van der Waals surface area contributed by atoms with Crippen LogP contribution in [0.25, 0.3) is 0 Å². The molecule has 15 heavy (non-hydrogen) atoms. The molecule has 2 aliphatic rings. The number of hydrogen-bond donors (Lipinski definition) is 1. The maximum Gasteiger partial charge on any atom is 0.225 e. The maximum absolute atomic E-state index is 12.1. The lowest BCUT2D eigenvalue weighted by atomic mass is 9.97. The summed E-state index contributed by atoms with van der Waals surface area (Å²) in [7, 11) is 1.81. The van der Waals surface area contributed by atoms with Gasteiger partial charge in [0.25, 0.3) is 0 Å². The van der Waals surface area contributed by atoms with Gasteiger partial charge in [0, 0.05) is 13.0 Å². The van der Waals surface area contributed by atoms with Crippen molar-refractivity contribution < 1.29 is 9.90 Å². The van der Waals surface area contributed by atoms with Gasteiger partial charge in [0.05, 0.1) is 12.1 Å². The first-order valence-corrected chi connectivity index (χ1v) is 5.84. The van der Waals surface area contributed by atoms with Crippen LogP contribution in [0.2, 0.25) is 0 Å². The topological polar surface area (TPSA) is 40.5 Å². The van der Waals surface area contributed by atoms with Crippen LogP contribution >= 0.6 is 0 Å². The molecule has 0 aromatic heterocycles. The van der Waals surface area contributed by atoms with Crippen LogP contribution in [0.5, 0.6) is 0 Å². The normalized spacial score (nSPS) is 33.7. The molecule has 3 heteroatoms. The molecule has 0 aromatic rings. The monoisotopic (exact) mass is 211 g/mol. The van der Waals surface area contributed by atoms with Crippen molar-refractivity contribution in [1.82, 2.24) is 4.90 Å². The number of aliphatic hydroxyl groups is 1. The Morgan fingerprint density at radius 3 is 2.33 bits per heavy atom. The summed E-state index contributed by atoms with van der Waals surface area (Å²) in [5.41, 5.74) is -0.427. The second-order valence-corrected chi connectivity index (χ2v) is 5.79. The first-order chi connectivity index (χ1) is 6.95. The molecule has 1 N–H and O–H groups in total. The zero-order valence-electron chi connectivity index (χ0n) is 9.86. The molecule has 0 saturated heterocycles. The van der Waals surface area contributed by atoms with Gasteiger partial charge < -0.3 is 10.0 Å². The van der Waals surface area contributed by atoms with Gasteiger partial charge in [-0.15, -0.1) is 0 Å². The van der Waals surface area contributed by atoms with Gasteiger partial charge in [-0.1, -0.05) is 0 Å². The van der Waals surface area contributed by atoms with Crippen LogP contribution in [-0.4, -0.2) is 35.1 Å². The van der Waals surface area contributed by atoms with Gasteiger partial charge >= 0.3 is 0 Å². The standard InChI is InChI=1S/C12H21NO2/c1-12(2,7-14)13(3)11(15)10-5-8-4-9(8)6-10/h8-10,14H,4-7H2,1-3H3. The van der Waals surface area contributed by atoms with E-state index in [0.717, 1.165) is 24.7 Å². The second kappa shape index (κ2) is 3.48.